The molecule has 0 unspecified atom stereocenters. The maximum absolute atomic E-state index is 12.6. The van der Waals surface area contributed by atoms with Crippen molar-refractivity contribution in [3.8, 4) is 5.88 Å². The van der Waals surface area contributed by atoms with Gasteiger partial charge in [-0.25, -0.2) is 4.98 Å². The summed E-state index contributed by atoms with van der Waals surface area (Å²) in [6.45, 7) is 0.118. The second kappa shape index (κ2) is 5.14. The minimum Gasteiger partial charge on any atom is -0.474 e. The van der Waals surface area contributed by atoms with Gasteiger partial charge in [-0.15, -0.1) is 0 Å². The molecule has 1 heterocycles. The van der Waals surface area contributed by atoms with E-state index in [1.165, 1.54) is 6.07 Å². The number of hydrogen-bond acceptors (Lipinski definition) is 3. The fourth-order valence-electron chi connectivity index (χ4n) is 2.05. The fraction of sp³-hybridized carbons (Fsp3) is 0.583. The molecule has 0 aliphatic heterocycles. The molecule has 1 aromatic heterocycles. The van der Waals surface area contributed by atoms with Gasteiger partial charge in [0.25, 0.3) is 0 Å². The quantitative estimate of drug-likeness (QED) is 0.909. The van der Waals surface area contributed by atoms with Crippen molar-refractivity contribution in [2.75, 3.05) is 0 Å². The zero-order valence-corrected chi connectivity index (χ0v) is 9.83. The van der Waals surface area contributed by atoms with E-state index in [-0.39, 0.29) is 18.5 Å². The monoisotopic (exact) mass is 260 g/mol. The summed E-state index contributed by atoms with van der Waals surface area (Å²) in [5.74, 6) is 0.0271. The van der Waals surface area contributed by atoms with Crippen molar-refractivity contribution in [3.05, 3.63) is 23.4 Å². The predicted octanol–water partition coefficient (Wildman–Crippen LogP) is 2.88. The first-order valence-corrected chi connectivity index (χ1v) is 5.94. The van der Waals surface area contributed by atoms with Crippen LogP contribution in [-0.4, -0.2) is 11.1 Å². The number of pyridine rings is 1. The molecule has 2 rings (SSSR count). The van der Waals surface area contributed by atoms with Crippen LogP contribution in [0.15, 0.2) is 12.1 Å². The molecule has 18 heavy (non-hydrogen) atoms. The molecule has 1 aromatic rings. The van der Waals surface area contributed by atoms with Crippen LogP contribution in [0.25, 0.3) is 0 Å². The lowest BCUT2D eigenvalue weighted by Gasteiger charge is -2.16. The molecule has 0 atom stereocenters. The third-order valence-electron chi connectivity index (χ3n) is 3.03. The topological polar surface area (TPSA) is 48.1 Å². The largest absolute Gasteiger partial charge is 0.474 e. The molecule has 3 nitrogen and oxygen atoms in total. The minimum absolute atomic E-state index is 0.0271. The molecular weight excluding hydrogens is 245 g/mol. The Hall–Kier alpha value is -1.30. The number of aromatic nitrogens is 1. The van der Waals surface area contributed by atoms with E-state index in [1.54, 1.807) is 0 Å². The lowest BCUT2D eigenvalue weighted by molar-refractivity contribution is -0.141. The number of halogens is 3. The standard InChI is InChI=1S/C12H15F3N2O/c13-12(14,15)10-6-5-8(7-16)11(17-10)18-9-3-1-2-4-9/h5-6,9H,1-4,7,16H2. The Morgan fingerprint density at radius 2 is 1.94 bits per heavy atom. The average Bonchev–Trinajstić information content (AvgIpc) is 2.80. The summed E-state index contributed by atoms with van der Waals surface area (Å²) in [5, 5.41) is 0. The van der Waals surface area contributed by atoms with Crippen LogP contribution in [0, 0.1) is 0 Å². The molecule has 1 aliphatic rings. The van der Waals surface area contributed by atoms with E-state index in [9.17, 15) is 13.2 Å². The molecule has 0 bridgehead atoms. The van der Waals surface area contributed by atoms with Gasteiger partial charge in [-0.2, -0.15) is 13.2 Å². The SMILES string of the molecule is NCc1ccc(C(F)(F)F)nc1OC1CCCC1. The Balaban J connectivity index is 2.24. The Morgan fingerprint density at radius 1 is 1.28 bits per heavy atom. The summed E-state index contributed by atoms with van der Waals surface area (Å²) in [5.41, 5.74) is 5.05. The van der Waals surface area contributed by atoms with Crippen molar-refractivity contribution in [3.63, 3.8) is 0 Å². The number of rotatable bonds is 3. The highest BCUT2D eigenvalue weighted by atomic mass is 19.4. The van der Waals surface area contributed by atoms with Crippen LogP contribution in [0.2, 0.25) is 0 Å². The van der Waals surface area contributed by atoms with Gasteiger partial charge in [0, 0.05) is 12.1 Å². The highest BCUT2D eigenvalue weighted by Gasteiger charge is 2.33. The van der Waals surface area contributed by atoms with Crippen LogP contribution >= 0.6 is 0 Å². The number of hydrogen-bond donors (Lipinski definition) is 1. The van der Waals surface area contributed by atoms with Gasteiger partial charge >= 0.3 is 6.18 Å². The van der Waals surface area contributed by atoms with Gasteiger partial charge in [-0.1, -0.05) is 6.07 Å². The molecule has 0 saturated heterocycles. The number of nitrogens with two attached hydrogens (primary N) is 1. The summed E-state index contributed by atoms with van der Waals surface area (Å²) >= 11 is 0. The highest BCUT2D eigenvalue weighted by Crippen LogP contribution is 2.31. The summed E-state index contributed by atoms with van der Waals surface area (Å²) in [7, 11) is 0. The molecule has 0 amide bonds. The van der Waals surface area contributed by atoms with E-state index in [0.717, 1.165) is 31.7 Å². The lowest BCUT2D eigenvalue weighted by Crippen LogP contribution is -2.17. The first-order chi connectivity index (χ1) is 8.50. The van der Waals surface area contributed by atoms with Gasteiger partial charge in [-0.05, 0) is 31.7 Å². The van der Waals surface area contributed by atoms with Crippen molar-refractivity contribution < 1.29 is 17.9 Å². The summed E-state index contributed by atoms with van der Waals surface area (Å²) < 4.78 is 43.2. The first-order valence-electron chi connectivity index (χ1n) is 5.94. The van der Waals surface area contributed by atoms with Gasteiger partial charge in [0.05, 0.1) is 0 Å². The maximum Gasteiger partial charge on any atom is 0.433 e. The molecule has 1 fully saturated rings. The zero-order valence-electron chi connectivity index (χ0n) is 9.83. The number of nitrogens with zero attached hydrogens (tertiary/aromatic N) is 1. The van der Waals surface area contributed by atoms with Gasteiger partial charge < -0.3 is 10.5 Å². The van der Waals surface area contributed by atoms with Crippen molar-refractivity contribution in [1.29, 1.82) is 0 Å². The minimum atomic E-state index is -4.46. The number of ether oxygens (including phenoxy) is 1. The number of alkyl halides is 3. The predicted molar refractivity (Wildman–Crippen MR) is 60.0 cm³/mol. The summed E-state index contributed by atoms with van der Waals surface area (Å²) in [4.78, 5) is 3.55. The van der Waals surface area contributed by atoms with Gasteiger partial charge in [0.15, 0.2) is 0 Å². The molecule has 0 spiro atoms. The van der Waals surface area contributed by atoms with Crippen LogP contribution < -0.4 is 10.5 Å². The maximum atomic E-state index is 12.6. The van der Waals surface area contributed by atoms with E-state index in [4.69, 9.17) is 10.5 Å². The molecule has 1 saturated carbocycles. The summed E-state index contributed by atoms with van der Waals surface area (Å²) in [6, 6.07) is 2.27. The molecule has 0 radical (unpaired) electrons. The van der Waals surface area contributed by atoms with Crippen LogP contribution in [0.3, 0.4) is 0 Å². The average molecular weight is 260 g/mol. The zero-order chi connectivity index (χ0) is 13.2. The summed E-state index contributed by atoms with van der Waals surface area (Å²) in [6.07, 6.45) is -0.681. The second-order valence-electron chi connectivity index (χ2n) is 4.39. The van der Waals surface area contributed by atoms with Gasteiger partial charge in [0.1, 0.15) is 11.8 Å². The molecule has 6 heteroatoms. The Bertz CT molecular complexity index is 414. The van der Waals surface area contributed by atoms with E-state index in [1.807, 2.05) is 0 Å². The molecule has 0 aromatic carbocycles. The van der Waals surface area contributed by atoms with Gasteiger partial charge in [-0.3, -0.25) is 0 Å². The Labute approximate surface area is 103 Å². The van der Waals surface area contributed by atoms with E-state index >= 15 is 0 Å². The van der Waals surface area contributed by atoms with Gasteiger partial charge in [0.2, 0.25) is 5.88 Å². The highest BCUT2D eigenvalue weighted by molar-refractivity contribution is 5.29. The van der Waals surface area contributed by atoms with E-state index < -0.39 is 11.9 Å². The van der Waals surface area contributed by atoms with Crippen molar-refractivity contribution >= 4 is 0 Å². The molecule has 1 aliphatic carbocycles. The lowest BCUT2D eigenvalue weighted by atomic mass is 10.2. The molecule has 2 N–H and O–H groups in total. The molecule has 100 valence electrons. The second-order valence-corrected chi connectivity index (χ2v) is 4.39. The smallest absolute Gasteiger partial charge is 0.433 e. The Morgan fingerprint density at radius 3 is 2.50 bits per heavy atom. The van der Waals surface area contributed by atoms with Crippen molar-refractivity contribution in [1.82, 2.24) is 4.98 Å². The third-order valence-corrected chi connectivity index (χ3v) is 3.03. The van der Waals surface area contributed by atoms with Crippen LogP contribution in [0.4, 0.5) is 13.2 Å². The first kappa shape index (κ1) is 13.1. The van der Waals surface area contributed by atoms with E-state index in [2.05, 4.69) is 4.98 Å². The third kappa shape index (κ3) is 2.93. The van der Waals surface area contributed by atoms with E-state index in [0.29, 0.717) is 5.56 Å². The Kier molecular flexibility index (Phi) is 3.75. The fourth-order valence-corrected chi connectivity index (χ4v) is 2.05. The molecular formula is C12H15F3N2O. The van der Waals surface area contributed by atoms with Crippen molar-refractivity contribution in [2.45, 2.75) is 44.5 Å². The van der Waals surface area contributed by atoms with Crippen LogP contribution in [0.5, 0.6) is 5.88 Å². The van der Waals surface area contributed by atoms with Crippen LogP contribution in [0.1, 0.15) is 36.9 Å². The van der Waals surface area contributed by atoms with Crippen LogP contribution in [-0.2, 0) is 12.7 Å². The van der Waals surface area contributed by atoms with Crippen molar-refractivity contribution in [2.24, 2.45) is 5.73 Å². The normalized spacial score (nSPS) is 17.1.